The third-order valence-electron chi connectivity index (χ3n) is 6.12. The van der Waals surface area contributed by atoms with Crippen molar-refractivity contribution in [3.63, 3.8) is 0 Å². The Morgan fingerprint density at radius 2 is 2.00 bits per heavy atom. The number of hydrogen-bond acceptors (Lipinski definition) is 3. The highest BCUT2D eigenvalue weighted by atomic mass is 16.2. The maximum Gasteiger partial charge on any atom is 0.237 e. The summed E-state index contributed by atoms with van der Waals surface area (Å²) in [7, 11) is 0. The highest BCUT2D eigenvalue weighted by molar-refractivity contribution is 5.88. The average Bonchev–Trinajstić information content (AvgIpc) is 3.37. The molecule has 0 bridgehead atoms. The second-order valence-electron chi connectivity index (χ2n) is 7.96. The number of aryl methyl sites for hydroxylation is 1. The molecule has 1 aromatic heterocycles. The van der Waals surface area contributed by atoms with E-state index in [-0.39, 0.29) is 24.3 Å². The van der Waals surface area contributed by atoms with Gasteiger partial charge in [0, 0.05) is 43.9 Å². The largest absolute Gasteiger partial charge is 0.356 e. The third-order valence-corrected chi connectivity index (χ3v) is 6.12. The van der Waals surface area contributed by atoms with Gasteiger partial charge in [-0.2, -0.15) is 0 Å². The molecule has 1 saturated heterocycles. The molecule has 2 fully saturated rings. The Balaban J connectivity index is 1.25. The van der Waals surface area contributed by atoms with E-state index in [0.29, 0.717) is 19.1 Å². The second-order valence-corrected chi connectivity index (χ2v) is 7.96. The van der Waals surface area contributed by atoms with Crippen molar-refractivity contribution in [2.24, 2.45) is 0 Å². The van der Waals surface area contributed by atoms with Crippen LogP contribution in [0.2, 0.25) is 0 Å². The summed E-state index contributed by atoms with van der Waals surface area (Å²) >= 11 is 0. The Labute approximate surface area is 166 Å². The van der Waals surface area contributed by atoms with Crippen LogP contribution in [0, 0.1) is 0 Å². The fraction of sp³-hybridized carbons (Fsp3) is 0.545. The maximum atomic E-state index is 12.5. The molecule has 1 atom stereocenters. The number of piperazine rings is 1. The van der Waals surface area contributed by atoms with E-state index in [2.05, 4.69) is 44.5 Å². The molecule has 1 saturated carbocycles. The maximum absolute atomic E-state index is 12.5. The zero-order valence-electron chi connectivity index (χ0n) is 16.4. The molecule has 2 amide bonds. The Morgan fingerprint density at radius 1 is 1.18 bits per heavy atom. The fourth-order valence-corrected chi connectivity index (χ4v) is 4.68. The van der Waals surface area contributed by atoms with Gasteiger partial charge in [-0.15, -0.1) is 0 Å². The quantitative estimate of drug-likeness (QED) is 0.722. The van der Waals surface area contributed by atoms with Gasteiger partial charge in [-0.3, -0.25) is 14.5 Å². The van der Waals surface area contributed by atoms with Gasteiger partial charge >= 0.3 is 0 Å². The summed E-state index contributed by atoms with van der Waals surface area (Å²) in [5.41, 5.74) is 1.22. The predicted octanol–water partition coefficient (Wildman–Crippen LogP) is 2.28. The van der Waals surface area contributed by atoms with E-state index in [1.165, 1.54) is 23.7 Å². The summed E-state index contributed by atoms with van der Waals surface area (Å²) in [4.78, 5) is 27.1. The lowest BCUT2D eigenvalue weighted by molar-refractivity contribution is -0.135. The molecule has 1 aliphatic heterocycles. The number of nitrogens with zero attached hydrogens (tertiary/aromatic N) is 2. The first-order chi connectivity index (χ1) is 13.7. The summed E-state index contributed by atoms with van der Waals surface area (Å²) in [6, 6.07) is 10.6. The number of para-hydroxylation sites is 1. The number of carbonyl (C=O) groups excluding carboxylic acids is 2. The lowest BCUT2D eigenvalue weighted by Gasteiger charge is -2.38. The zero-order valence-corrected chi connectivity index (χ0v) is 16.4. The number of nitrogens with one attached hydrogen (secondary N) is 2. The number of aromatic nitrogens is 1. The van der Waals surface area contributed by atoms with E-state index in [4.69, 9.17) is 0 Å². The van der Waals surface area contributed by atoms with Crippen molar-refractivity contribution >= 4 is 22.7 Å². The van der Waals surface area contributed by atoms with E-state index in [0.717, 1.165) is 32.4 Å². The topological polar surface area (TPSA) is 66.4 Å². The van der Waals surface area contributed by atoms with Crippen molar-refractivity contribution < 1.29 is 9.59 Å². The van der Waals surface area contributed by atoms with Crippen molar-refractivity contribution in [2.45, 2.75) is 57.2 Å². The zero-order chi connectivity index (χ0) is 19.3. The van der Waals surface area contributed by atoms with Crippen molar-refractivity contribution in [3.8, 4) is 0 Å². The molecule has 0 radical (unpaired) electrons. The molecule has 1 aromatic carbocycles. The minimum Gasteiger partial charge on any atom is -0.356 e. The number of carbonyl (C=O) groups is 2. The number of hydrogen-bond donors (Lipinski definition) is 2. The Kier molecular flexibility index (Phi) is 5.95. The van der Waals surface area contributed by atoms with Crippen molar-refractivity contribution in [1.29, 1.82) is 0 Å². The summed E-state index contributed by atoms with van der Waals surface area (Å²) in [5, 5.41) is 7.18. The number of fused-ring (bicyclic) bond motifs is 1. The van der Waals surface area contributed by atoms with E-state index >= 15 is 0 Å². The van der Waals surface area contributed by atoms with Crippen LogP contribution in [-0.2, 0) is 16.1 Å². The number of benzene rings is 1. The molecule has 28 heavy (non-hydrogen) atoms. The first kappa shape index (κ1) is 19.0. The van der Waals surface area contributed by atoms with Crippen LogP contribution in [-0.4, -0.2) is 53.0 Å². The van der Waals surface area contributed by atoms with E-state index in [1.54, 1.807) is 0 Å². The standard InChI is InChI=1S/C22H30N4O2/c27-21(16-20-22(28)24-12-15-26(20)18-7-2-3-8-18)23-11-5-13-25-14-10-17-6-1-4-9-19(17)25/h1,4,6,9-10,14,18,20H,2-3,5,7-8,11-13,15-16H2,(H,23,27)(H,24,28). The lowest BCUT2D eigenvalue weighted by atomic mass is 10.0. The fourth-order valence-electron chi connectivity index (χ4n) is 4.68. The van der Waals surface area contributed by atoms with Crippen LogP contribution in [0.3, 0.4) is 0 Å². The molecular weight excluding hydrogens is 352 g/mol. The summed E-state index contributed by atoms with van der Waals surface area (Å²) < 4.78 is 2.22. The highest BCUT2D eigenvalue weighted by Crippen LogP contribution is 2.26. The van der Waals surface area contributed by atoms with Gasteiger partial charge in [-0.25, -0.2) is 0 Å². The Hall–Kier alpha value is -2.34. The van der Waals surface area contributed by atoms with E-state index in [1.807, 2.05) is 12.1 Å². The van der Waals surface area contributed by atoms with E-state index in [9.17, 15) is 9.59 Å². The van der Waals surface area contributed by atoms with Gasteiger partial charge in [0.05, 0.1) is 12.5 Å². The molecule has 2 aliphatic rings. The van der Waals surface area contributed by atoms with Crippen LogP contribution in [0.1, 0.15) is 38.5 Å². The summed E-state index contributed by atoms with van der Waals surface area (Å²) in [6.07, 6.45) is 7.98. The first-order valence-electron chi connectivity index (χ1n) is 10.6. The van der Waals surface area contributed by atoms with Crippen LogP contribution in [0.5, 0.6) is 0 Å². The molecule has 2 aromatic rings. The molecule has 150 valence electrons. The first-order valence-corrected chi connectivity index (χ1v) is 10.6. The van der Waals surface area contributed by atoms with Gasteiger partial charge in [-0.1, -0.05) is 31.0 Å². The van der Waals surface area contributed by atoms with Gasteiger partial charge in [-0.05, 0) is 36.8 Å². The van der Waals surface area contributed by atoms with Gasteiger partial charge < -0.3 is 15.2 Å². The van der Waals surface area contributed by atoms with Crippen LogP contribution in [0.15, 0.2) is 36.5 Å². The predicted molar refractivity (Wildman–Crippen MR) is 110 cm³/mol. The van der Waals surface area contributed by atoms with Crippen molar-refractivity contribution in [1.82, 2.24) is 20.1 Å². The lowest BCUT2D eigenvalue weighted by Crippen LogP contribution is -2.59. The summed E-state index contributed by atoms with van der Waals surface area (Å²) in [5.74, 6) is -0.0190. The monoisotopic (exact) mass is 382 g/mol. The molecular formula is C22H30N4O2. The third kappa shape index (κ3) is 4.22. The van der Waals surface area contributed by atoms with Gasteiger partial charge in [0.15, 0.2) is 0 Å². The Morgan fingerprint density at radius 3 is 2.86 bits per heavy atom. The van der Waals surface area contributed by atoms with Gasteiger partial charge in [0.2, 0.25) is 11.8 Å². The highest BCUT2D eigenvalue weighted by Gasteiger charge is 2.36. The van der Waals surface area contributed by atoms with E-state index < -0.39 is 0 Å². The average molecular weight is 383 g/mol. The molecule has 0 spiro atoms. The second kappa shape index (κ2) is 8.78. The molecule has 6 heteroatoms. The minimum atomic E-state index is -0.315. The molecule has 1 aliphatic carbocycles. The molecule has 6 nitrogen and oxygen atoms in total. The van der Waals surface area contributed by atoms with Crippen LogP contribution >= 0.6 is 0 Å². The van der Waals surface area contributed by atoms with Crippen LogP contribution < -0.4 is 10.6 Å². The van der Waals surface area contributed by atoms with Crippen LogP contribution in [0.25, 0.3) is 10.9 Å². The number of amides is 2. The molecule has 2 heterocycles. The molecule has 2 N–H and O–H groups in total. The minimum absolute atomic E-state index is 0.00658. The van der Waals surface area contributed by atoms with Gasteiger partial charge in [0.25, 0.3) is 0 Å². The summed E-state index contributed by atoms with van der Waals surface area (Å²) in [6.45, 7) is 3.04. The number of rotatable bonds is 7. The van der Waals surface area contributed by atoms with Crippen molar-refractivity contribution in [3.05, 3.63) is 36.5 Å². The van der Waals surface area contributed by atoms with Gasteiger partial charge in [0.1, 0.15) is 0 Å². The van der Waals surface area contributed by atoms with Crippen molar-refractivity contribution in [2.75, 3.05) is 19.6 Å². The molecule has 4 rings (SSSR count). The SMILES string of the molecule is O=C(CC1C(=O)NCCN1C1CCCC1)NCCCn1ccc2ccccc21. The Bertz CT molecular complexity index is 825. The molecule has 1 unspecified atom stereocenters. The smallest absolute Gasteiger partial charge is 0.237 e. The van der Waals surface area contributed by atoms with Crippen LogP contribution in [0.4, 0.5) is 0 Å². The normalized spacial score (nSPS) is 21.1.